The molecule has 5 rings (SSSR count). The number of aryl methyl sites for hydroxylation is 1. The number of piperidine rings is 1. The zero-order chi connectivity index (χ0) is 29.4. The Morgan fingerprint density at radius 2 is 1.73 bits per heavy atom. The van der Waals surface area contributed by atoms with E-state index in [0.29, 0.717) is 53.8 Å². The maximum absolute atomic E-state index is 13.6. The van der Waals surface area contributed by atoms with Crippen LogP contribution in [0.2, 0.25) is 0 Å². The Balaban J connectivity index is 1.35. The lowest BCUT2D eigenvalue weighted by atomic mass is 9.96. The molecular formula is C30H33N5O5S. The maximum atomic E-state index is 13.6. The van der Waals surface area contributed by atoms with E-state index in [1.807, 2.05) is 27.7 Å². The molecule has 0 aliphatic carbocycles. The number of benzene rings is 1. The Bertz CT molecular complexity index is 1700. The number of pyridine rings is 2. The van der Waals surface area contributed by atoms with E-state index in [9.17, 15) is 18.0 Å². The lowest BCUT2D eigenvalue weighted by Gasteiger charge is -2.32. The zero-order valence-electron chi connectivity index (χ0n) is 23.5. The number of fused-ring (bicyclic) bond motifs is 1. The van der Waals surface area contributed by atoms with Crippen molar-refractivity contribution in [1.29, 1.82) is 0 Å². The average Bonchev–Trinajstić information content (AvgIpc) is 3.33. The number of anilines is 1. The highest BCUT2D eigenvalue weighted by Crippen LogP contribution is 2.33. The highest BCUT2D eigenvalue weighted by Gasteiger charge is 2.30. The van der Waals surface area contributed by atoms with Crippen molar-refractivity contribution in [2.24, 2.45) is 5.92 Å². The monoisotopic (exact) mass is 575 g/mol. The van der Waals surface area contributed by atoms with Gasteiger partial charge in [0.15, 0.2) is 0 Å². The lowest BCUT2D eigenvalue weighted by Crippen LogP contribution is -2.43. The molecule has 1 N–H and O–H groups in total. The summed E-state index contributed by atoms with van der Waals surface area (Å²) in [5, 5.41) is 3.60. The maximum Gasteiger partial charge on any atom is 0.410 e. The Kier molecular flexibility index (Phi) is 7.56. The van der Waals surface area contributed by atoms with Gasteiger partial charge in [0.05, 0.1) is 16.6 Å². The quantitative estimate of drug-likeness (QED) is 0.346. The second kappa shape index (κ2) is 11.0. The summed E-state index contributed by atoms with van der Waals surface area (Å²) < 4.78 is 33.8. The first kappa shape index (κ1) is 28.3. The van der Waals surface area contributed by atoms with Crippen molar-refractivity contribution in [3.05, 3.63) is 72.8 Å². The minimum absolute atomic E-state index is 0.174. The molecule has 0 atom stereocenters. The molecule has 2 amide bonds. The molecule has 10 nitrogen and oxygen atoms in total. The van der Waals surface area contributed by atoms with Crippen LogP contribution in [0.1, 0.15) is 39.2 Å². The van der Waals surface area contributed by atoms with Gasteiger partial charge in [0, 0.05) is 48.5 Å². The van der Waals surface area contributed by atoms with Crippen LogP contribution in [0.4, 0.5) is 10.6 Å². The molecule has 11 heteroatoms. The topological polar surface area (TPSA) is 123 Å². The van der Waals surface area contributed by atoms with Crippen molar-refractivity contribution in [1.82, 2.24) is 18.8 Å². The van der Waals surface area contributed by atoms with Gasteiger partial charge in [-0.05, 0) is 76.4 Å². The van der Waals surface area contributed by atoms with Gasteiger partial charge in [-0.15, -0.1) is 0 Å². The van der Waals surface area contributed by atoms with E-state index in [2.05, 4.69) is 15.3 Å². The largest absolute Gasteiger partial charge is 0.444 e. The van der Waals surface area contributed by atoms with Crippen molar-refractivity contribution >= 4 is 38.7 Å². The van der Waals surface area contributed by atoms with Crippen LogP contribution < -0.4 is 5.32 Å². The number of amides is 2. The van der Waals surface area contributed by atoms with Gasteiger partial charge in [0.2, 0.25) is 5.91 Å². The van der Waals surface area contributed by atoms with Gasteiger partial charge in [-0.25, -0.2) is 22.2 Å². The van der Waals surface area contributed by atoms with Gasteiger partial charge in [-0.2, -0.15) is 0 Å². The van der Waals surface area contributed by atoms with Crippen molar-refractivity contribution in [3.8, 4) is 11.1 Å². The molecule has 0 bridgehead atoms. The van der Waals surface area contributed by atoms with E-state index in [1.54, 1.807) is 66.0 Å². The molecule has 41 heavy (non-hydrogen) atoms. The molecule has 4 heterocycles. The van der Waals surface area contributed by atoms with Gasteiger partial charge < -0.3 is 15.0 Å². The summed E-state index contributed by atoms with van der Waals surface area (Å²) in [6.07, 6.45) is 6.96. The zero-order valence-corrected chi connectivity index (χ0v) is 24.3. The van der Waals surface area contributed by atoms with Crippen LogP contribution in [0, 0.1) is 12.8 Å². The minimum Gasteiger partial charge on any atom is -0.444 e. The lowest BCUT2D eigenvalue weighted by molar-refractivity contribution is -0.121. The number of hydrogen-bond donors (Lipinski definition) is 1. The minimum atomic E-state index is -3.88. The van der Waals surface area contributed by atoms with Gasteiger partial charge in [-0.3, -0.25) is 9.78 Å². The number of likely N-dealkylation sites (tertiary alicyclic amines) is 1. The molecule has 1 fully saturated rings. The van der Waals surface area contributed by atoms with E-state index < -0.39 is 15.6 Å². The van der Waals surface area contributed by atoms with E-state index in [4.69, 9.17) is 4.74 Å². The Hall–Kier alpha value is -4.25. The summed E-state index contributed by atoms with van der Waals surface area (Å²) in [4.78, 5) is 35.7. The Morgan fingerprint density at radius 1 is 1.02 bits per heavy atom. The fraction of sp³-hybridized carbons (Fsp3) is 0.333. The fourth-order valence-electron chi connectivity index (χ4n) is 4.84. The molecule has 0 saturated carbocycles. The van der Waals surface area contributed by atoms with Gasteiger partial charge in [0.25, 0.3) is 10.0 Å². The van der Waals surface area contributed by atoms with Gasteiger partial charge in [0.1, 0.15) is 11.4 Å². The highest BCUT2D eigenvalue weighted by atomic mass is 32.2. The second-order valence-corrected chi connectivity index (χ2v) is 13.0. The van der Waals surface area contributed by atoms with Crippen LogP contribution in [-0.4, -0.2) is 57.9 Å². The van der Waals surface area contributed by atoms with Crippen molar-refractivity contribution in [3.63, 3.8) is 0 Å². The summed E-state index contributed by atoms with van der Waals surface area (Å²) in [7, 11) is -3.88. The standard InChI is InChI=1S/C30H33N5O5S/c1-20-5-7-23(8-6-20)41(38,39)35-19-25(24-10-13-31-18-26(24)35)22-9-14-32-27(17-22)33-28(36)21-11-15-34(16-12-21)29(37)40-30(2,3)4/h5-10,13-14,17-19,21H,11-12,15-16H2,1-4H3,(H,32,33,36). The molecule has 214 valence electrons. The third-order valence-electron chi connectivity index (χ3n) is 6.99. The number of nitrogens with zero attached hydrogens (tertiary/aromatic N) is 4. The number of hydrogen-bond acceptors (Lipinski definition) is 7. The van der Waals surface area contributed by atoms with Crippen molar-refractivity contribution in [2.75, 3.05) is 18.4 Å². The molecule has 1 saturated heterocycles. The number of nitrogens with one attached hydrogen (secondary N) is 1. The van der Waals surface area contributed by atoms with Crippen LogP contribution in [0.5, 0.6) is 0 Å². The second-order valence-electron chi connectivity index (χ2n) is 11.2. The first-order chi connectivity index (χ1) is 19.4. The van der Waals surface area contributed by atoms with Gasteiger partial charge >= 0.3 is 6.09 Å². The molecule has 3 aromatic heterocycles. The smallest absolute Gasteiger partial charge is 0.410 e. The van der Waals surface area contributed by atoms with Crippen molar-refractivity contribution in [2.45, 2.75) is 51.0 Å². The van der Waals surface area contributed by atoms with E-state index >= 15 is 0 Å². The molecule has 1 aliphatic rings. The Labute approximate surface area is 239 Å². The van der Waals surface area contributed by atoms with Crippen LogP contribution in [-0.2, 0) is 19.6 Å². The summed E-state index contributed by atoms with van der Waals surface area (Å²) in [6.45, 7) is 8.24. The van der Waals surface area contributed by atoms with E-state index in [1.165, 1.54) is 10.2 Å². The predicted molar refractivity (Wildman–Crippen MR) is 156 cm³/mol. The number of ether oxygens (including phenoxy) is 1. The molecule has 0 spiro atoms. The average molecular weight is 576 g/mol. The predicted octanol–water partition coefficient (Wildman–Crippen LogP) is 5.23. The summed E-state index contributed by atoms with van der Waals surface area (Å²) in [6, 6.07) is 12.0. The van der Waals surface area contributed by atoms with Crippen molar-refractivity contribution < 1.29 is 22.7 Å². The Morgan fingerprint density at radius 3 is 2.41 bits per heavy atom. The molecule has 1 aromatic carbocycles. The van der Waals surface area contributed by atoms with E-state index in [-0.39, 0.29) is 22.8 Å². The molecule has 1 aliphatic heterocycles. The van der Waals surface area contributed by atoms with Crippen LogP contribution in [0.3, 0.4) is 0 Å². The third-order valence-corrected chi connectivity index (χ3v) is 8.68. The first-order valence-corrected chi connectivity index (χ1v) is 14.9. The number of rotatable bonds is 5. The van der Waals surface area contributed by atoms with Crippen LogP contribution >= 0.6 is 0 Å². The first-order valence-electron chi connectivity index (χ1n) is 13.4. The fourth-order valence-corrected chi connectivity index (χ4v) is 6.20. The molecule has 4 aromatic rings. The summed E-state index contributed by atoms with van der Waals surface area (Å²) in [5.41, 5.74) is 2.20. The molecule has 0 radical (unpaired) electrons. The number of carbonyl (C=O) groups is 2. The summed E-state index contributed by atoms with van der Waals surface area (Å²) >= 11 is 0. The van der Waals surface area contributed by atoms with Gasteiger partial charge in [-0.1, -0.05) is 17.7 Å². The van der Waals surface area contributed by atoms with Crippen LogP contribution in [0.25, 0.3) is 22.0 Å². The molecule has 0 unspecified atom stereocenters. The SMILES string of the molecule is Cc1ccc(S(=O)(=O)n2cc(-c3ccnc(NC(=O)C4CCN(C(=O)OC(C)(C)C)CC4)c3)c3ccncc32)cc1. The number of carbonyl (C=O) groups excluding carboxylic acids is 2. The summed E-state index contributed by atoms with van der Waals surface area (Å²) in [5.74, 6) is -0.0859. The third kappa shape index (κ3) is 6.09. The normalized spacial score (nSPS) is 14.7. The highest BCUT2D eigenvalue weighted by molar-refractivity contribution is 7.90. The number of aromatic nitrogens is 3. The van der Waals surface area contributed by atoms with Crippen LogP contribution in [0.15, 0.2) is 72.1 Å². The molecular weight excluding hydrogens is 542 g/mol. The van der Waals surface area contributed by atoms with E-state index in [0.717, 1.165) is 5.56 Å².